The molecule has 26 heavy (non-hydrogen) atoms. The summed E-state index contributed by atoms with van der Waals surface area (Å²) in [6.07, 6.45) is 5.00. The van der Waals surface area contributed by atoms with Gasteiger partial charge in [-0.15, -0.1) is 0 Å². The molecule has 1 N–H and O–H groups in total. The predicted octanol–water partition coefficient (Wildman–Crippen LogP) is 2.82. The van der Waals surface area contributed by atoms with E-state index in [0.29, 0.717) is 11.3 Å². The van der Waals surface area contributed by atoms with Crippen molar-refractivity contribution in [2.45, 2.75) is 18.4 Å². The van der Waals surface area contributed by atoms with E-state index in [4.69, 9.17) is 0 Å². The van der Waals surface area contributed by atoms with Gasteiger partial charge in [-0.25, -0.2) is 13.1 Å². The second-order valence-electron chi connectivity index (χ2n) is 5.70. The van der Waals surface area contributed by atoms with Crippen molar-refractivity contribution in [1.29, 1.82) is 0 Å². The van der Waals surface area contributed by atoms with E-state index in [9.17, 15) is 13.2 Å². The van der Waals surface area contributed by atoms with Crippen LogP contribution in [0.25, 0.3) is 11.3 Å². The molecule has 0 aliphatic rings. The molecule has 0 radical (unpaired) electrons. The second-order valence-corrected chi connectivity index (χ2v) is 7.47. The van der Waals surface area contributed by atoms with E-state index in [-0.39, 0.29) is 17.2 Å². The van der Waals surface area contributed by atoms with Gasteiger partial charge >= 0.3 is 0 Å². The van der Waals surface area contributed by atoms with Crippen LogP contribution in [0.15, 0.2) is 72.0 Å². The maximum absolute atomic E-state index is 12.5. The van der Waals surface area contributed by atoms with E-state index in [2.05, 4.69) is 14.7 Å². The molecule has 0 aliphatic heterocycles. The fraction of sp³-hybridized carbons (Fsp3) is 0.105. The molecule has 2 heterocycles. The van der Waals surface area contributed by atoms with E-state index in [1.165, 1.54) is 19.1 Å². The first-order valence-corrected chi connectivity index (χ1v) is 9.40. The highest BCUT2D eigenvalue weighted by atomic mass is 32.2. The summed E-state index contributed by atoms with van der Waals surface area (Å²) >= 11 is 0. The number of nitrogens with one attached hydrogen (secondary N) is 1. The molecule has 0 aliphatic carbocycles. The molecule has 2 aromatic heterocycles. The van der Waals surface area contributed by atoms with Crippen LogP contribution in [0.3, 0.4) is 0 Å². The number of carbonyl (C=O) groups is 1. The van der Waals surface area contributed by atoms with Crippen molar-refractivity contribution in [2.75, 3.05) is 0 Å². The van der Waals surface area contributed by atoms with Gasteiger partial charge in [0.2, 0.25) is 10.0 Å². The van der Waals surface area contributed by atoms with Crippen LogP contribution >= 0.6 is 0 Å². The summed E-state index contributed by atoms with van der Waals surface area (Å²) in [7, 11) is -3.73. The normalized spacial score (nSPS) is 11.3. The molecule has 0 saturated heterocycles. The molecule has 0 bridgehead atoms. The Morgan fingerprint density at radius 1 is 1.08 bits per heavy atom. The van der Waals surface area contributed by atoms with Gasteiger partial charge in [0.25, 0.3) is 0 Å². The highest BCUT2D eigenvalue weighted by Gasteiger charge is 2.15. The Hall–Kier alpha value is -2.90. The zero-order valence-electron chi connectivity index (χ0n) is 14.1. The summed E-state index contributed by atoms with van der Waals surface area (Å²) < 4.78 is 27.5. The number of Topliss-reactive ketones (excluding diaryl/α,β-unsaturated/α-hetero) is 1. The third kappa shape index (κ3) is 4.19. The topological polar surface area (TPSA) is 89.0 Å². The molecule has 132 valence electrons. The zero-order valence-corrected chi connectivity index (χ0v) is 14.9. The molecule has 1 aromatic carbocycles. The van der Waals surface area contributed by atoms with Crippen LogP contribution in [0.4, 0.5) is 0 Å². The third-order valence-electron chi connectivity index (χ3n) is 3.80. The standard InChI is InChI=1S/C19H17N3O3S/c1-14(23)16-4-2-6-18(11-16)26(24,25)22-12-15-7-9-21-19(10-15)17-5-3-8-20-13-17/h2-11,13,22H,12H2,1H3. The molecule has 7 heteroatoms. The van der Waals surface area contributed by atoms with Crippen molar-refractivity contribution in [3.05, 3.63) is 78.2 Å². The molecule has 3 aromatic rings. The lowest BCUT2D eigenvalue weighted by Gasteiger charge is -2.09. The average Bonchev–Trinajstić information content (AvgIpc) is 2.67. The van der Waals surface area contributed by atoms with Crippen LogP contribution in [0.1, 0.15) is 22.8 Å². The van der Waals surface area contributed by atoms with Crippen LogP contribution in [0.2, 0.25) is 0 Å². The maximum atomic E-state index is 12.5. The number of hydrogen-bond donors (Lipinski definition) is 1. The summed E-state index contributed by atoms with van der Waals surface area (Å²) in [5, 5.41) is 0. The molecule has 0 saturated carbocycles. The smallest absolute Gasteiger partial charge is 0.240 e. The summed E-state index contributed by atoms with van der Waals surface area (Å²) in [5.41, 5.74) is 2.69. The minimum atomic E-state index is -3.73. The molecule has 6 nitrogen and oxygen atoms in total. The van der Waals surface area contributed by atoms with E-state index in [0.717, 1.165) is 11.1 Å². The van der Waals surface area contributed by atoms with Gasteiger partial charge in [-0.05, 0) is 48.9 Å². The van der Waals surface area contributed by atoms with Crippen LogP contribution in [-0.2, 0) is 16.6 Å². The molecule has 0 amide bonds. The lowest BCUT2D eigenvalue weighted by Crippen LogP contribution is -2.23. The number of rotatable bonds is 6. The van der Waals surface area contributed by atoms with E-state index in [1.54, 1.807) is 36.8 Å². The maximum Gasteiger partial charge on any atom is 0.240 e. The highest BCUT2D eigenvalue weighted by Crippen LogP contribution is 2.17. The Morgan fingerprint density at radius 3 is 2.65 bits per heavy atom. The van der Waals surface area contributed by atoms with Gasteiger partial charge < -0.3 is 0 Å². The molecule has 0 fully saturated rings. The van der Waals surface area contributed by atoms with Crippen molar-refractivity contribution < 1.29 is 13.2 Å². The minimum Gasteiger partial charge on any atom is -0.295 e. The number of pyridine rings is 2. The fourth-order valence-corrected chi connectivity index (χ4v) is 3.46. The summed E-state index contributed by atoms with van der Waals surface area (Å²) in [6, 6.07) is 13.2. The Balaban J connectivity index is 1.78. The number of benzene rings is 1. The van der Waals surface area contributed by atoms with Gasteiger partial charge in [0, 0.05) is 36.3 Å². The first-order valence-electron chi connectivity index (χ1n) is 7.92. The van der Waals surface area contributed by atoms with Crippen LogP contribution in [-0.4, -0.2) is 24.2 Å². The van der Waals surface area contributed by atoms with Gasteiger partial charge in [-0.2, -0.15) is 0 Å². The van der Waals surface area contributed by atoms with Crippen LogP contribution in [0.5, 0.6) is 0 Å². The molecule has 0 unspecified atom stereocenters. The van der Waals surface area contributed by atoms with Gasteiger partial charge in [-0.3, -0.25) is 14.8 Å². The first kappa shape index (κ1) is 17.9. The van der Waals surface area contributed by atoms with E-state index >= 15 is 0 Å². The van der Waals surface area contributed by atoms with Crippen molar-refractivity contribution in [3.8, 4) is 11.3 Å². The number of carbonyl (C=O) groups excluding carboxylic acids is 1. The fourth-order valence-electron chi connectivity index (χ4n) is 2.40. The Bertz CT molecular complexity index is 1030. The second kappa shape index (κ2) is 7.55. The quantitative estimate of drug-likeness (QED) is 0.677. The number of sulfonamides is 1. The van der Waals surface area contributed by atoms with E-state index in [1.807, 2.05) is 18.2 Å². The summed E-state index contributed by atoms with van der Waals surface area (Å²) in [6.45, 7) is 1.51. The molecular weight excluding hydrogens is 350 g/mol. The number of nitrogens with zero attached hydrogens (tertiary/aromatic N) is 2. The van der Waals surface area contributed by atoms with E-state index < -0.39 is 10.0 Å². The average molecular weight is 367 g/mol. The van der Waals surface area contributed by atoms with Crippen molar-refractivity contribution in [1.82, 2.24) is 14.7 Å². The summed E-state index contributed by atoms with van der Waals surface area (Å²) in [5.74, 6) is -0.183. The molecule has 0 spiro atoms. The van der Waals surface area contributed by atoms with Crippen molar-refractivity contribution >= 4 is 15.8 Å². The van der Waals surface area contributed by atoms with Gasteiger partial charge in [-0.1, -0.05) is 12.1 Å². The monoisotopic (exact) mass is 367 g/mol. The van der Waals surface area contributed by atoms with Gasteiger partial charge in [0.05, 0.1) is 10.6 Å². The molecule has 0 atom stereocenters. The zero-order chi connectivity index (χ0) is 18.6. The highest BCUT2D eigenvalue weighted by molar-refractivity contribution is 7.89. The Labute approximate surface area is 152 Å². The Kier molecular flexibility index (Phi) is 5.20. The van der Waals surface area contributed by atoms with Crippen molar-refractivity contribution in [2.24, 2.45) is 0 Å². The number of aromatic nitrogens is 2. The van der Waals surface area contributed by atoms with Crippen LogP contribution < -0.4 is 4.72 Å². The molecule has 3 rings (SSSR count). The lowest BCUT2D eigenvalue weighted by atomic mass is 10.1. The van der Waals surface area contributed by atoms with Gasteiger partial charge in [0.15, 0.2) is 5.78 Å². The summed E-state index contributed by atoms with van der Waals surface area (Å²) in [4.78, 5) is 19.9. The first-order chi connectivity index (χ1) is 12.5. The largest absolute Gasteiger partial charge is 0.295 e. The predicted molar refractivity (Wildman–Crippen MR) is 97.9 cm³/mol. The SMILES string of the molecule is CC(=O)c1cccc(S(=O)(=O)NCc2ccnc(-c3cccnc3)c2)c1. The van der Waals surface area contributed by atoms with Crippen LogP contribution in [0, 0.1) is 0 Å². The van der Waals surface area contributed by atoms with Crippen molar-refractivity contribution in [3.63, 3.8) is 0 Å². The lowest BCUT2D eigenvalue weighted by molar-refractivity contribution is 0.101. The molecular formula is C19H17N3O3S. The Morgan fingerprint density at radius 2 is 1.92 bits per heavy atom. The van der Waals surface area contributed by atoms with Gasteiger partial charge in [0.1, 0.15) is 0 Å². The third-order valence-corrected chi connectivity index (χ3v) is 5.20. The minimum absolute atomic E-state index is 0.0618. The number of hydrogen-bond acceptors (Lipinski definition) is 5. The number of ketones is 1.